The van der Waals surface area contributed by atoms with E-state index in [0.29, 0.717) is 5.69 Å². The van der Waals surface area contributed by atoms with Gasteiger partial charge in [-0.1, -0.05) is 36.4 Å². The van der Waals surface area contributed by atoms with E-state index in [1.54, 1.807) is 26.0 Å². The summed E-state index contributed by atoms with van der Waals surface area (Å²) in [6.07, 6.45) is 2.11. The Morgan fingerprint density at radius 2 is 1.50 bits per heavy atom. The molecular formula is C28H27N7O3. The number of aromatic nitrogens is 2. The highest BCUT2D eigenvalue weighted by Gasteiger charge is 2.74. The van der Waals surface area contributed by atoms with Gasteiger partial charge in [-0.3, -0.25) is 24.8 Å². The number of guanidine groups is 1. The second-order valence-corrected chi connectivity index (χ2v) is 10.6. The van der Waals surface area contributed by atoms with Crippen LogP contribution in [0, 0.1) is 5.41 Å². The molecule has 2 fully saturated rings. The Morgan fingerprint density at radius 3 is 2.13 bits per heavy atom. The van der Waals surface area contributed by atoms with Crippen LogP contribution in [0.4, 0.5) is 4.79 Å². The predicted octanol–water partition coefficient (Wildman–Crippen LogP) is 2.79. The molecule has 0 bridgehead atoms. The summed E-state index contributed by atoms with van der Waals surface area (Å²) in [7, 11) is 6.45. The topological polar surface area (TPSA) is 120 Å². The third-order valence-electron chi connectivity index (χ3n) is 9.11. The molecule has 10 heteroatoms. The van der Waals surface area contributed by atoms with Crippen LogP contribution < -0.4 is 0 Å². The van der Waals surface area contributed by atoms with Gasteiger partial charge >= 0.3 is 6.03 Å². The van der Waals surface area contributed by atoms with E-state index in [2.05, 4.69) is 9.97 Å². The monoisotopic (exact) mass is 509 g/mol. The summed E-state index contributed by atoms with van der Waals surface area (Å²) >= 11 is 0. The Hall–Kier alpha value is -4.60. The van der Waals surface area contributed by atoms with Crippen molar-refractivity contribution in [3.8, 4) is 0 Å². The maximum Gasteiger partial charge on any atom is 0.327 e. The molecule has 2 aromatic carbocycles. The van der Waals surface area contributed by atoms with E-state index < -0.39 is 28.9 Å². The van der Waals surface area contributed by atoms with Crippen LogP contribution in [0.3, 0.4) is 0 Å². The number of hydrogen-bond acceptors (Lipinski definition) is 4. The Morgan fingerprint density at radius 1 is 0.842 bits per heavy atom. The Balaban J connectivity index is 1.69. The van der Waals surface area contributed by atoms with E-state index in [1.807, 2.05) is 54.7 Å². The fourth-order valence-corrected chi connectivity index (χ4v) is 7.29. The van der Waals surface area contributed by atoms with E-state index in [0.717, 1.165) is 37.8 Å². The van der Waals surface area contributed by atoms with Gasteiger partial charge in [-0.25, -0.2) is 4.79 Å². The summed E-state index contributed by atoms with van der Waals surface area (Å²) in [4.78, 5) is 55.0. The van der Waals surface area contributed by atoms with Crippen LogP contribution in [-0.4, -0.2) is 87.1 Å². The summed E-state index contributed by atoms with van der Waals surface area (Å²) in [5.74, 6) is -1.47. The third kappa shape index (κ3) is 2.26. The fourth-order valence-electron chi connectivity index (χ4n) is 7.29. The number of carbonyl (C=O) groups is 3. The van der Waals surface area contributed by atoms with E-state index >= 15 is 0 Å². The lowest BCUT2D eigenvalue weighted by Crippen LogP contribution is -2.67. The zero-order valence-corrected chi connectivity index (χ0v) is 21.5. The molecule has 192 valence electrons. The molecule has 2 spiro atoms. The van der Waals surface area contributed by atoms with E-state index in [-0.39, 0.29) is 18.3 Å². The average Bonchev–Trinajstić information content (AvgIpc) is 3.61. The quantitative estimate of drug-likeness (QED) is 0.342. The number of para-hydroxylation sites is 2. The number of carbonyl (C=O) groups excluding carboxylic acids is 3. The number of urea groups is 1. The lowest BCUT2D eigenvalue weighted by atomic mass is 9.58. The van der Waals surface area contributed by atoms with Gasteiger partial charge in [0.2, 0.25) is 5.96 Å². The average molecular weight is 510 g/mol. The maximum absolute atomic E-state index is 14.5. The molecule has 7 rings (SSSR count). The zero-order valence-electron chi connectivity index (χ0n) is 21.5. The molecule has 38 heavy (non-hydrogen) atoms. The van der Waals surface area contributed by atoms with Gasteiger partial charge in [0.25, 0.3) is 11.8 Å². The van der Waals surface area contributed by atoms with E-state index in [4.69, 9.17) is 5.41 Å². The molecule has 2 saturated heterocycles. The van der Waals surface area contributed by atoms with Crippen LogP contribution >= 0.6 is 0 Å². The van der Waals surface area contributed by atoms with Gasteiger partial charge in [0.15, 0.2) is 5.54 Å². The summed E-state index contributed by atoms with van der Waals surface area (Å²) in [6, 6.07) is 15.0. The SMILES string of the molecule is CN1C(=O)N(C)[C@@]2(C1=O)c1[nH]c3ccccc3c1C[C@@]1(C(=O)N(C)C(=N)N1C)[C@@H]2c1c[nH]c2ccccc12. The summed E-state index contributed by atoms with van der Waals surface area (Å²) in [5, 5.41) is 10.6. The standard InChI is InChI=1S/C28H27N7O3/c1-32-23(36)27(34(3)25(32)29)13-17-15-9-6-8-12-20(15)31-22(17)28(24(37)33(2)26(38)35(28)4)21(27)18-14-30-19-11-7-5-10-16(18)19/h5-12,14,21,29-31H,13H2,1-4H3/t21-,27-,28+/m0/s1. The molecule has 2 aromatic heterocycles. The molecule has 4 heterocycles. The number of H-pyrrole nitrogens is 2. The minimum absolute atomic E-state index is 0.0473. The van der Waals surface area contributed by atoms with Crippen LogP contribution in [0.15, 0.2) is 54.7 Å². The summed E-state index contributed by atoms with van der Waals surface area (Å²) in [6.45, 7) is 0. The Bertz CT molecular complexity index is 1740. The normalized spacial score (nSPS) is 27.3. The molecule has 0 unspecified atom stereocenters. The van der Waals surface area contributed by atoms with E-state index in [1.165, 1.54) is 16.8 Å². The number of hydrogen-bond donors (Lipinski definition) is 3. The second kappa shape index (κ2) is 7.03. The smallest absolute Gasteiger partial charge is 0.327 e. The minimum Gasteiger partial charge on any atom is -0.361 e. The van der Waals surface area contributed by atoms with Crippen LogP contribution in [0.25, 0.3) is 21.8 Å². The van der Waals surface area contributed by atoms with Crippen molar-refractivity contribution < 1.29 is 14.4 Å². The van der Waals surface area contributed by atoms with Crippen molar-refractivity contribution in [3.05, 3.63) is 71.5 Å². The summed E-state index contributed by atoms with van der Waals surface area (Å²) in [5.41, 5.74) is 0.959. The van der Waals surface area contributed by atoms with Gasteiger partial charge in [0.05, 0.1) is 11.6 Å². The predicted molar refractivity (Wildman–Crippen MR) is 142 cm³/mol. The van der Waals surface area contributed by atoms with Crippen molar-refractivity contribution in [2.75, 3.05) is 28.2 Å². The number of benzene rings is 2. The van der Waals surface area contributed by atoms with Crippen LogP contribution in [-0.2, 0) is 21.5 Å². The van der Waals surface area contributed by atoms with Crippen molar-refractivity contribution in [3.63, 3.8) is 0 Å². The number of aromatic amines is 2. The van der Waals surface area contributed by atoms with Crippen molar-refractivity contribution in [2.45, 2.75) is 23.4 Å². The highest BCUT2D eigenvalue weighted by molar-refractivity contribution is 6.14. The van der Waals surface area contributed by atoms with Crippen LogP contribution in [0.1, 0.15) is 22.7 Å². The molecular weight excluding hydrogens is 482 g/mol. The van der Waals surface area contributed by atoms with Crippen molar-refractivity contribution in [1.29, 1.82) is 5.41 Å². The first-order valence-corrected chi connectivity index (χ1v) is 12.5. The van der Waals surface area contributed by atoms with Gasteiger partial charge in [-0.15, -0.1) is 0 Å². The molecule has 1 aliphatic carbocycles. The molecule has 3 aliphatic rings. The molecule has 0 radical (unpaired) electrons. The van der Waals surface area contributed by atoms with Gasteiger partial charge in [-0.2, -0.15) is 0 Å². The zero-order chi connectivity index (χ0) is 26.7. The molecule has 4 amide bonds. The Kier molecular flexibility index (Phi) is 4.18. The molecule has 10 nitrogen and oxygen atoms in total. The second-order valence-electron chi connectivity index (χ2n) is 10.6. The van der Waals surface area contributed by atoms with Gasteiger partial charge in [-0.05, 0) is 23.3 Å². The molecule has 3 N–H and O–H groups in total. The Labute approximate surface area is 218 Å². The number of likely N-dealkylation sites (N-methyl/N-ethyl adjacent to an activating group) is 4. The van der Waals surface area contributed by atoms with Gasteiger partial charge in [0.1, 0.15) is 5.54 Å². The molecule has 2 aliphatic heterocycles. The van der Waals surface area contributed by atoms with Crippen molar-refractivity contribution >= 4 is 45.6 Å². The first-order chi connectivity index (χ1) is 18.2. The number of nitrogens with zero attached hydrogens (tertiary/aromatic N) is 4. The highest BCUT2D eigenvalue weighted by atomic mass is 16.2. The highest BCUT2D eigenvalue weighted by Crippen LogP contribution is 2.61. The minimum atomic E-state index is -1.56. The van der Waals surface area contributed by atoms with Gasteiger partial charge in [0, 0.05) is 62.6 Å². The first kappa shape index (κ1) is 22.6. The first-order valence-electron chi connectivity index (χ1n) is 12.5. The van der Waals surface area contributed by atoms with E-state index in [9.17, 15) is 14.4 Å². The number of imide groups is 1. The lowest BCUT2D eigenvalue weighted by molar-refractivity contribution is -0.142. The molecule has 0 saturated carbocycles. The van der Waals surface area contributed by atoms with Crippen molar-refractivity contribution in [2.24, 2.45) is 0 Å². The largest absolute Gasteiger partial charge is 0.361 e. The fraction of sp³-hybridized carbons (Fsp3) is 0.286. The number of rotatable bonds is 1. The van der Waals surface area contributed by atoms with Crippen molar-refractivity contribution in [1.82, 2.24) is 29.6 Å². The summed E-state index contributed by atoms with van der Waals surface area (Å²) < 4.78 is 0. The molecule has 4 aromatic rings. The number of fused-ring (bicyclic) bond motifs is 5. The van der Waals surface area contributed by atoms with Gasteiger partial charge < -0.3 is 19.8 Å². The lowest BCUT2D eigenvalue weighted by Gasteiger charge is -2.53. The number of nitrogens with one attached hydrogen (secondary N) is 3. The number of amides is 4. The molecule has 3 atom stereocenters. The van der Waals surface area contributed by atoms with Crippen LogP contribution in [0.5, 0.6) is 0 Å². The third-order valence-corrected chi connectivity index (χ3v) is 9.11. The maximum atomic E-state index is 14.5. The van der Waals surface area contributed by atoms with Crippen LogP contribution in [0.2, 0.25) is 0 Å².